The van der Waals surface area contributed by atoms with E-state index in [9.17, 15) is 4.39 Å². The third kappa shape index (κ3) is 4.41. The molecule has 0 saturated carbocycles. The number of hydrogen-bond donors (Lipinski definition) is 1. The zero-order chi connectivity index (χ0) is 15.2. The molecule has 1 N–H and O–H groups in total. The number of aryl methyl sites for hydroxylation is 1. The van der Waals surface area contributed by atoms with Gasteiger partial charge in [-0.15, -0.1) is 0 Å². The summed E-state index contributed by atoms with van der Waals surface area (Å²) in [5, 5.41) is 3.26. The molecular formula is C17H23FN2O. The third-order valence-electron chi connectivity index (χ3n) is 3.54. The van der Waals surface area contributed by atoms with Gasteiger partial charge in [0.25, 0.3) is 0 Å². The molecule has 0 radical (unpaired) electrons. The van der Waals surface area contributed by atoms with E-state index in [0.29, 0.717) is 6.54 Å². The highest BCUT2D eigenvalue weighted by Crippen LogP contribution is 2.16. The molecule has 0 unspecified atom stereocenters. The van der Waals surface area contributed by atoms with Crippen LogP contribution in [0.15, 0.2) is 34.9 Å². The standard InChI is InChI=1S/C17H23FN2O/c1-4-19-10-14-5-6-17(18)16(9-14)12-20(3)11-15-7-8-21-13(15)2/h5-9,19H,4,10-12H2,1-3H3. The lowest BCUT2D eigenvalue weighted by molar-refractivity contribution is 0.311. The van der Waals surface area contributed by atoms with E-state index in [2.05, 4.69) is 17.1 Å². The summed E-state index contributed by atoms with van der Waals surface area (Å²) in [7, 11) is 1.99. The monoisotopic (exact) mass is 290 g/mol. The fourth-order valence-electron chi connectivity index (χ4n) is 2.34. The minimum Gasteiger partial charge on any atom is -0.469 e. The molecule has 0 aliphatic heterocycles. The van der Waals surface area contributed by atoms with E-state index < -0.39 is 0 Å². The van der Waals surface area contributed by atoms with Crippen LogP contribution < -0.4 is 5.32 Å². The van der Waals surface area contributed by atoms with Crippen molar-refractivity contribution in [2.45, 2.75) is 33.5 Å². The summed E-state index contributed by atoms with van der Waals surface area (Å²) in [5.41, 5.74) is 2.98. The third-order valence-corrected chi connectivity index (χ3v) is 3.54. The first-order valence-corrected chi connectivity index (χ1v) is 7.29. The molecule has 0 aliphatic rings. The van der Waals surface area contributed by atoms with Gasteiger partial charge in [-0.1, -0.05) is 19.1 Å². The van der Waals surface area contributed by atoms with E-state index in [1.807, 2.05) is 32.2 Å². The number of furan rings is 1. The molecule has 21 heavy (non-hydrogen) atoms. The Bertz CT molecular complexity index is 580. The lowest BCUT2D eigenvalue weighted by atomic mass is 10.1. The van der Waals surface area contributed by atoms with Crippen LogP contribution in [0.5, 0.6) is 0 Å². The largest absolute Gasteiger partial charge is 0.469 e. The first-order chi connectivity index (χ1) is 10.1. The van der Waals surface area contributed by atoms with E-state index >= 15 is 0 Å². The van der Waals surface area contributed by atoms with Crippen LogP contribution in [0.2, 0.25) is 0 Å². The molecule has 0 saturated heterocycles. The Labute approximate surface area is 125 Å². The zero-order valence-electron chi connectivity index (χ0n) is 12.9. The van der Waals surface area contributed by atoms with Crippen LogP contribution in [0, 0.1) is 12.7 Å². The van der Waals surface area contributed by atoms with E-state index in [0.717, 1.165) is 42.1 Å². The van der Waals surface area contributed by atoms with Gasteiger partial charge in [0.1, 0.15) is 11.6 Å². The number of rotatable bonds is 7. The van der Waals surface area contributed by atoms with Crippen molar-refractivity contribution in [1.29, 1.82) is 0 Å². The van der Waals surface area contributed by atoms with Crippen molar-refractivity contribution in [3.05, 3.63) is 58.8 Å². The Morgan fingerprint density at radius 1 is 1.19 bits per heavy atom. The van der Waals surface area contributed by atoms with E-state index in [1.54, 1.807) is 12.3 Å². The second-order valence-electron chi connectivity index (χ2n) is 5.38. The highest BCUT2D eigenvalue weighted by molar-refractivity contribution is 5.25. The highest BCUT2D eigenvalue weighted by atomic mass is 19.1. The molecule has 1 heterocycles. The minimum atomic E-state index is -0.147. The Kier molecular flexibility index (Phi) is 5.53. The average molecular weight is 290 g/mol. The lowest BCUT2D eigenvalue weighted by Gasteiger charge is -2.17. The zero-order valence-corrected chi connectivity index (χ0v) is 12.9. The van der Waals surface area contributed by atoms with Crippen molar-refractivity contribution in [3.8, 4) is 0 Å². The van der Waals surface area contributed by atoms with Crippen LogP contribution in [0.4, 0.5) is 4.39 Å². The van der Waals surface area contributed by atoms with E-state index in [4.69, 9.17) is 4.42 Å². The van der Waals surface area contributed by atoms with Gasteiger partial charge in [-0.2, -0.15) is 0 Å². The quantitative estimate of drug-likeness (QED) is 0.846. The lowest BCUT2D eigenvalue weighted by Crippen LogP contribution is -2.19. The summed E-state index contributed by atoms with van der Waals surface area (Å²) in [6.07, 6.45) is 1.69. The van der Waals surface area contributed by atoms with Crippen molar-refractivity contribution in [3.63, 3.8) is 0 Å². The van der Waals surface area contributed by atoms with Gasteiger partial charge >= 0.3 is 0 Å². The summed E-state index contributed by atoms with van der Waals surface area (Å²) in [6, 6.07) is 7.29. The van der Waals surface area contributed by atoms with Crippen molar-refractivity contribution >= 4 is 0 Å². The molecule has 114 valence electrons. The van der Waals surface area contributed by atoms with Crippen LogP contribution in [0.3, 0.4) is 0 Å². The van der Waals surface area contributed by atoms with Crippen molar-refractivity contribution in [2.75, 3.05) is 13.6 Å². The molecule has 1 aromatic carbocycles. The van der Waals surface area contributed by atoms with Gasteiger partial charge in [0, 0.05) is 30.8 Å². The van der Waals surface area contributed by atoms with Crippen molar-refractivity contribution < 1.29 is 8.81 Å². The van der Waals surface area contributed by atoms with Crippen LogP contribution >= 0.6 is 0 Å². The van der Waals surface area contributed by atoms with Crippen LogP contribution in [0.1, 0.15) is 29.4 Å². The Morgan fingerprint density at radius 3 is 2.62 bits per heavy atom. The normalized spacial score (nSPS) is 11.3. The van der Waals surface area contributed by atoms with E-state index in [-0.39, 0.29) is 5.82 Å². The predicted molar refractivity (Wildman–Crippen MR) is 82.4 cm³/mol. The Hall–Kier alpha value is -1.65. The van der Waals surface area contributed by atoms with Gasteiger partial charge in [0.05, 0.1) is 6.26 Å². The maximum atomic E-state index is 13.9. The fraction of sp³-hybridized carbons (Fsp3) is 0.412. The number of halogens is 1. The summed E-state index contributed by atoms with van der Waals surface area (Å²) in [4.78, 5) is 2.09. The van der Waals surface area contributed by atoms with Crippen LogP contribution in [-0.4, -0.2) is 18.5 Å². The van der Waals surface area contributed by atoms with Gasteiger partial charge in [-0.25, -0.2) is 4.39 Å². The number of nitrogens with one attached hydrogen (secondary N) is 1. The molecule has 0 atom stereocenters. The average Bonchev–Trinajstić information content (AvgIpc) is 2.85. The Morgan fingerprint density at radius 2 is 1.95 bits per heavy atom. The van der Waals surface area contributed by atoms with Crippen molar-refractivity contribution in [1.82, 2.24) is 10.2 Å². The summed E-state index contributed by atoms with van der Waals surface area (Å²) >= 11 is 0. The fourth-order valence-corrected chi connectivity index (χ4v) is 2.34. The van der Waals surface area contributed by atoms with E-state index in [1.165, 1.54) is 0 Å². The van der Waals surface area contributed by atoms with Gasteiger partial charge in [-0.05, 0) is 38.2 Å². The van der Waals surface area contributed by atoms with Gasteiger partial charge in [0.2, 0.25) is 0 Å². The molecule has 0 fully saturated rings. The van der Waals surface area contributed by atoms with Gasteiger partial charge < -0.3 is 9.73 Å². The maximum absolute atomic E-state index is 13.9. The molecule has 2 rings (SSSR count). The molecule has 0 bridgehead atoms. The maximum Gasteiger partial charge on any atom is 0.127 e. The van der Waals surface area contributed by atoms with Crippen molar-refractivity contribution in [2.24, 2.45) is 0 Å². The molecule has 2 aromatic rings. The molecule has 0 amide bonds. The van der Waals surface area contributed by atoms with Gasteiger partial charge in [0.15, 0.2) is 0 Å². The highest BCUT2D eigenvalue weighted by Gasteiger charge is 2.09. The van der Waals surface area contributed by atoms with Gasteiger partial charge in [-0.3, -0.25) is 4.90 Å². The first-order valence-electron chi connectivity index (χ1n) is 7.29. The molecule has 0 spiro atoms. The summed E-state index contributed by atoms with van der Waals surface area (Å²) in [6.45, 7) is 7.02. The molecule has 0 aliphatic carbocycles. The Balaban J connectivity index is 2.02. The topological polar surface area (TPSA) is 28.4 Å². The number of nitrogens with zero attached hydrogens (tertiary/aromatic N) is 1. The summed E-state index contributed by atoms with van der Waals surface area (Å²) < 4.78 is 19.2. The van der Waals surface area contributed by atoms with Crippen LogP contribution in [-0.2, 0) is 19.6 Å². The summed E-state index contributed by atoms with van der Waals surface area (Å²) in [5.74, 6) is 0.772. The number of hydrogen-bond acceptors (Lipinski definition) is 3. The molecule has 3 nitrogen and oxygen atoms in total. The van der Waals surface area contributed by atoms with Crippen LogP contribution in [0.25, 0.3) is 0 Å². The second kappa shape index (κ2) is 7.38. The minimum absolute atomic E-state index is 0.147. The SMILES string of the molecule is CCNCc1ccc(F)c(CN(C)Cc2ccoc2C)c1. The molecule has 1 aromatic heterocycles. The number of benzene rings is 1. The smallest absolute Gasteiger partial charge is 0.127 e. The first kappa shape index (κ1) is 15.7. The predicted octanol–water partition coefficient (Wildman–Crippen LogP) is 3.47. The molecule has 4 heteroatoms. The molecular weight excluding hydrogens is 267 g/mol. The second-order valence-corrected chi connectivity index (χ2v) is 5.38.